The summed E-state index contributed by atoms with van der Waals surface area (Å²) in [6.07, 6.45) is 0.739. The van der Waals surface area contributed by atoms with Gasteiger partial charge in [-0.15, -0.1) is 0 Å². The Hall–Kier alpha value is -0.170. The Kier molecular flexibility index (Phi) is 7.08. The second-order valence-corrected chi connectivity index (χ2v) is 4.83. The molecule has 0 aromatic rings. The lowest BCUT2D eigenvalue weighted by molar-refractivity contribution is 0.0543. The lowest BCUT2D eigenvalue weighted by Gasteiger charge is -2.13. The van der Waals surface area contributed by atoms with Gasteiger partial charge in [-0.05, 0) is 5.92 Å². The van der Waals surface area contributed by atoms with Crippen molar-refractivity contribution in [1.82, 2.24) is 0 Å². The number of sulfonamides is 1. The summed E-state index contributed by atoms with van der Waals surface area (Å²) in [6.45, 7) is 3.33. The predicted molar refractivity (Wildman–Crippen MR) is 54.5 cm³/mol. The van der Waals surface area contributed by atoms with Crippen LogP contribution in [0.25, 0.3) is 0 Å². The number of methoxy groups -OCH3 is 1. The van der Waals surface area contributed by atoms with Crippen LogP contribution in [0.3, 0.4) is 0 Å². The number of hydrogen-bond donors (Lipinski definition) is 1. The molecule has 6 heteroatoms. The first kappa shape index (κ1) is 13.8. The first-order valence-corrected chi connectivity index (χ1v) is 6.28. The summed E-state index contributed by atoms with van der Waals surface area (Å²) in [5.74, 6) is -0.0434. The fourth-order valence-electron chi connectivity index (χ4n) is 1.00. The van der Waals surface area contributed by atoms with Crippen LogP contribution in [0.4, 0.5) is 0 Å². The SMILES string of the molecule is CCC(COCCOC)CS(N)(=O)=O. The Balaban J connectivity index is 3.69. The largest absolute Gasteiger partial charge is 0.382 e. The average Bonchev–Trinajstić information content (AvgIpc) is 2.08. The molecule has 0 fully saturated rings. The lowest BCUT2D eigenvalue weighted by atomic mass is 10.1. The monoisotopic (exact) mass is 225 g/mol. The topological polar surface area (TPSA) is 78.6 Å². The van der Waals surface area contributed by atoms with Crippen LogP contribution in [0.5, 0.6) is 0 Å². The van der Waals surface area contributed by atoms with E-state index in [1.807, 2.05) is 6.92 Å². The van der Waals surface area contributed by atoms with Crippen LogP contribution in [0.1, 0.15) is 13.3 Å². The van der Waals surface area contributed by atoms with Crippen LogP contribution in [-0.2, 0) is 19.5 Å². The highest BCUT2D eigenvalue weighted by atomic mass is 32.2. The minimum atomic E-state index is -3.39. The molecule has 1 atom stereocenters. The fourth-order valence-corrected chi connectivity index (χ4v) is 1.99. The molecule has 0 aliphatic heterocycles. The summed E-state index contributed by atoms with van der Waals surface area (Å²) in [6, 6.07) is 0. The molecule has 14 heavy (non-hydrogen) atoms. The molecule has 0 spiro atoms. The van der Waals surface area contributed by atoms with Crippen molar-refractivity contribution in [2.45, 2.75) is 13.3 Å². The highest BCUT2D eigenvalue weighted by molar-refractivity contribution is 7.89. The standard InChI is InChI=1S/C8H19NO4S/c1-3-8(7-14(9,10)11)6-13-5-4-12-2/h8H,3-7H2,1-2H3,(H2,9,10,11). The molecule has 5 nitrogen and oxygen atoms in total. The molecule has 0 radical (unpaired) electrons. The Bertz CT molecular complexity index is 227. The summed E-state index contributed by atoms with van der Waals surface area (Å²) < 4.78 is 31.6. The maximum absolute atomic E-state index is 10.8. The Labute approximate surface area is 85.6 Å². The van der Waals surface area contributed by atoms with Gasteiger partial charge in [-0.2, -0.15) is 0 Å². The summed E-state index contributed by atoms with van der Waals surface area (Å²) in [5, 5.41) is 4.93. The zero-order valence-electron chi connectivity index (χ0n) is 8.73. The molecule has 0 aliphatic rings. The van der Waals surface area contributed by atoms with E-state index >= 15 is 0 Å². The van der Waals surface area contributed by atoms with E-state index in [4.69, 9.17) is 14.6 Å². The number of ether oxygens (including phenoxy) is 2. The molecule has 0 heterocycles. The Morgan fingerprint density at radius 2 is 2.00 bits per heavy atom. The molecule has 0 aliphatic carbocycles. The van der Waals surface area contributed by atoms with Crippen molar-refractivity contribution in [3.63, 3.8) is 0 Å². The van der Waals surface area contributed by atoms with Crippen LogP contribution in [-0.4, -0.2) is 41.1 Å². The zero-order valence-corrected chi connectivity index (χ0v) is 9.55. The van der Waals surface area contributed by atoms with Crippen LogP contribution < -0.4 is 5.14 Å². The molecular weight excluding hydrogens is 206 g/mol. The van der Waals surface area contributed by atoms with Gasteiger partial charge < -0.3 is 9.47 Å². The number of primary sulfonamides is 1. The molecule has 86 valence electrons. The van der Waals surface area contributed by atoms with E-state index < -0.39 is 10.0 Å². The van der Waals surface area contributed by atoms with Crippen LogP contribution in [0, 0.1) is 5.92 Å². The molecule has 0 aromatic heterocycles. The summed E-state index contributed by atoms with van der Waals surface area (Å²) >= 11 is 0. The van der Waals surface area contributed by atoms with Crippen molar-refractivity contribution in [2.24, 2.45) is 11.1 Å². The third kappa shape index (κ3) is 8.43. The smallest absolute Gasteiger partial charge is 0.209 e. The van der Waals surface area contributed by atoms with Crippen molar-refractivity contribution >= 4 is 10.0 Å². The third-order valence-electron chi connectivity index (χ3n) is 1.83. The van der Waals surface area contributed by atoms with E-state index in [9.17, 15) is 8.42 Å². The maximum Gasteiger partial charge on any atom is 0.209 e. The van der Waals surface area contributed by atoms with Crippen LogP contribution in [0.15, 0.2) is 0 Å². The van der Waals surface area contributed by atoms with E-state index in [0.29, 0.717) is 19.8 Å². The highest BCUT2D eigenvalue weighted by Gasteiger charge is 2.13. The van der Waals surface area contributed by atoms with Crippen molar-refractivity contribution in [1.29, 1.82) is 0 Å². The van der Waals surface area contributed by atoms with E-state index in [1.54, 1.807) is 7.11 Å². The quantitative estimate of drug-likeness (QED) is 0.588. The van der Waals surface area contributed by atoms with Gasteiger partial charge in [-0.1, -0.05) is 13.3 Å². The van der Waals surface area contributed by atoms with Gasteiger partial charge in [0.2, 0.25) is 10.0 Å². The summed E-state index contributed by atoms with van der Waals surface area (Å²) in [5.41, 5.74) is 0. The maximum atomic E-state index is 10.8. The molecule has 0 saturated carbocycles. The van der Waals surface area contributed by atoms with Crippen molar-refractivity contribution in [3.8, 4) is 0 Å². The Morgan fingerprint density at radius 1 is 1.36 bits per heavy atom. The number of hydrogen-bond acceptors (Lipinski definition) is 4. The van der Waals surface area contributed by atoms with Crippen molar-refractivity contribution < 1.29 is 17.9 Å². The van der Waals surface area contributed by atoms with Gasteiger partial charge in [-0.25, -0.2) is 13.6 Å². The second kappa shape index (κ2) is 7.17. The minimum absolute atomic E-state index is 0.0174. The lowest BCUT2D eigenvalue weighted by Crippen LogP contribution is -2.26. The summed E-state index contributed by atoms with van der Waals surface area (Å²) in [7, 11) is -1.80. The number of rotatable bonds is 8. The Morgan fingerprint density at radius 3 is 2.43 bits per heavy atom. The van der Waals surface area contributed by atoms with Gasteiger partial charge in [0.1, 0.15) is 0 Å². The van der Waals surface area contributed by atoms with Gasteiger partial charge in [0, 0.05) is 7.11 Å². The zero-order chi connectivity index (χ0) is 11.0. The molecule has 0 saturated heterocycles. The first-order valence-electron chi connectivity index (χ1n) is 4.56. The second-order valence-electron chi connectivity index (χ2n) is 3.17. The van der Waals surface area contributed by atoms with Crippen molar-refractivity contribution in [3.05, 3.63) is 0 Å². The molecule has 0 aromatic carbocycles. The minimum Gasteiger partial charge on any atom is -0.382 e. The van der Waals surface area contributed by atoms with Crippen LogP contribution >= 0.6 is 0 Å². The van der Waals surface area contributed by atoms with E-state index in [1.165, 1.54) is 0 Å². The fraction of sp³-hybridized carbons (Fsp3) is 1.00. The third-order valence-corrected chi connectivity index (χ3v) is 2.77. The van der Waals surface area contributed by atoms with Gasteiger partial charge in [-0.3, -0.25) is 0 Å². The van der Waals surface area contributed by atoms with Gasteiger partial charge in [0.25, 0.3) is 0 Å². The normalized spacial score (nSPS) is 14.2. The molecule has 0 bridgehead atoms. The average molecular weight is 225 g/mol. The molecule has 0 amide bonds. The molecule has 1 unspecified atom stereocenters. The highest BCUT2D eigenvalue weighted by Crippen LogP contribution is 2.05. The molecule has 0 rings (SSSR count). The van der Waals surface area contributed by atoms with Crippen LogP contribution in [0.2, 0.25) is 0 Å². The predicted octanol–water partition coefficient (Wildman–Crippen LogP) is -0.0359. The number of nitrogens with two attached hydrogens (primary N) is 1. The van der Waals surface area contributed by atoms with Gasteiger partial charge >= 0.3 is 0 Å². The van der Waals surface area contributed by atoms with E-state index in [-0.39, 0.29) is 11.7 Å². The van der Waals surface area contributed by atoms with Gasteiger partial charge in [0.05, 0.1) is 25.6 Å². The molecule has 2 N–H and O–H groups in total. The van der Waals surface area contributed by atoms with Gasteiger partial charge in [0.15, 0.2) is 0 Å². The van der Waals surface area contributed by atoms with Crippen molar-refractivity contribution in [2.75, 3.05) is 32.7 Å². The molecular formula is C8H19NO4S. The first-order chi connectivity index (χ1) is 6.49. The summed E-state index contributed by atoms with van der Waals surface area (Å²) in [4.78, 5) is 0. The van der Waals surface area contributed by atoms with E-state index in [0.717, 1.165) is 6.42 Å². The van der Waals surface area contributed by atoms with E-state index in [2.05, 4.69) is 0 Å².